The van der Waals surface area contributed by atoms with Crippen molar-refractivity contribution in [3.63, 3.8) is 0 Å². The summed E-state index contributed by atoms with van der Waals surface area (Å²) in [5, 5.41) is 2.90. The highest BCUT2D eigenvalue weighted by atomic mass is 32.2. The predicted octanol–water partition coefficient (Wildman–Crippen LogP) is 3.11. The molecule has 2 aromatic rings. The van der Waals surface area contributed by atoms with E-state index in [0.717, 1.165) is 10.5 Å². The van der Waals surface area contributed by atoms with Crippen LogP contribution in [0.3, 0.4) is 0 Å². The van der Waals surface area contributed by atoms with Crippen molar-refractivity contribution in [2.75, 3.05) is 19.8 Å². The third-order valence-corrected chi connectivity index (χ3v) is 4.50. The third kappa shape index (κ3) is 5.42. The van der Waals surface area contributed by atoms with Crippen molar-refractivity contribution in [2.45, 2.75) is 18.4 Å². The molecule has 4 nitrogen and oxygen atoms in total. The third-order valence-electron chi connectivity index (χ3n) is 3.49. The molecule has 0 atom stereocenters. The number of carbonyl (C=O) groups is 2. The Balaban J connectivity index is 1.79. The summed E-state index contributed by atoms with van der Waals surface area (Å²) in [7, 11) is 3.45. The number of thioether (sulfide) groups is 1. The minimum absolute atomic E-state index is 0.00554. The lowest BCUT2D eigenvalue weighted by atomic mass is 10.1. The number of amides is 2. The maximum atomic E-state index is 11.9. The molecular formula is C19H22N2O2S. The van der Waals surface area contributed by atoms with Crippen LogP contribution in [0.5, 0.6) is 0 Å². The molecule has 5 heteroatoms. The van der Waals surface area contributed by atoms with Gasteiger partial charge in [0.05, 0.1) is 5.75 Å². The van der Waals surface area contributed by atoms with Crippen LogP contribution in [0.15, 0.2) is 53.4 Å². The molecule has 0 unspecified atom stereocenters. The Kier molecular flexibility index (Phi) is 6.44. The highest BCUT2D eigenvalue weighted by Gasteiger charge is 2.08. The van der Waals surface area contributed by atoms with Crippen LogP contribution < -0.4 is 5.32 Å². The fourth-order valence-corrected chi connectivity index (χ4v) is 2.79. The van der Waals surface area contributed by atoms with E-state index in [9.17, 15) is 9.59 Å². The zero-order chi connectivity index (χ0) is 17.5. The van der Waals surface area contributed by atoms with Crippen molar-refractivity contribution in [1.82, 2.24) is 10.2 Å². The van der Waals surface area contributed by atoms with Gasteiger partial charge >= 0.3 is 0 Å². The summed E-state index contributed by atoms with van der Waals surface area (Å²) in [5.41, 5.74) is 2.82. The molecule has 0 radical (unpaired) electrons. The van der Waals surface area contributed by atoms with E-state index in [-0.39, 0.29) is 11.8 Å². The molecule has 0 bridgehead atoms. The van der Waals surface area contributed by atoms with Gasteiger partial charge in [-0.3, -0.25) is 9.59 Å². The lowest BCUT2D eigenvalue weighted by Gasteiger charge is -2.11. The first kappa shape index (κ1) is 18.1. The molecule has 0 aliphatic heterocycles. The molecule has 1 N–H and O–H groups in total. The molecule has 0 aromatic heterocycles. The summed E-state index contributed by atoms with van der Waals surface area (Å²) in [5.74, 6) is 0.356. The van der Waals surface area contributed by atoms with E-state index in [1.54, 1.807) is 31.1 Å². The normalized spacial score (nSPS) is 10.3. The van der Waals surface area contributed by atoms with Gasteiger partial charge in [-0.05, 0) is 36.8 Å². The van der Waals surface area contributed by atoms with Crippen molar-refractivity contribution >= 4 is 23.6 Å². The van der Waals surface area contributed by atoms with Gasteiger partial charge in [-0.2, -0.15) is 0 Å². The first-order chi connectivity index (χ1) is 11.5. The second kappa shape index (κ2) is 8.55. The number of nitrogens with one attached hydrogen (secondary N) is 1. The maximum absolute atomic E-state index is 11.9. The zero-order valence-electron chi connectivity index (χ0n) is 14.2. The quantitative estimate of drug-likeness (QED) is 0.821. The van der Waals surface area contributed by atoms with Gasteiger partial charge in [-0.1, -0.05) is 29.8 Å². The molecular weight excluding hydrogens is 320 g/mol. The van der Waals surface area contributed by atoms with Crippen LogP contribution in [-0.2, 0) is 11.3 Å². The standard InChI is InChI=1S/C19H22N2O2S/c1-14-4-10-17(11-5-14)24-13-18(22)20-12-15-6-8-16(9-7-15)19(23)21(2)3/h4-11H,12-13H2,1-3H3,(H,20,22). The molecule has 0 aliphatic rings. The Morgan fingerprint density at radius 3 is 2.21 bits per heavy atom. The SMILES string of the molecule is Cc1ccc(SCC(=O)NCc2ccc(C(=O)N(C)C)cc2)cc1. The second-order valence-electron chi connectivity index (χ2n) is 5.77. The fraction of sp³-hybridized carbons (Fsp3) is 0.263. The Morgan fingerprint density at radius 2 is 1.62 bits per heavy atom. The van der Waals surface area contributed by atoms with Gasteiger partial charge in [0.15, 0.2) is 0 Å². The summed E-state index contributed by atoms with van der Waals surface area (Å²) >= 11 is 1.52. The number of hydrogen-bond acceptors (Lipinski definition) is 3. The van der Waals surface area contributed by atoms with E-state index in [1.807, 2.05) is 43.3 Å². The molecule has 0 heterocycles. The van der Waals surface area contributed by atoms with E-state index >= 15 is 0 Å². The van der Waals surface area contributed by atoms with E-state index in [1.165, 1.54) is 17.3 Å². The summed E-state index contributed by atoms with van der Waals surface area (Å²) in [6.07, 6.45) is 0. The van der Waals surface area contributed by atoms with Crippen LogP contribution in [0.1, 0.15) is 21.5 Å². The van der Waals surface area contributed by atoms with Crippen molar-refractivity contribution in [1.29, 1.82) is 0 Å². The summed E-state index contributed by atoms with van der Waals surface area (Å²) in [6, 6.07) is 15.4. The van der Waals surface area contributed by atoms with Crippen molar-refractivity contribution in [2.24, 2.45) is 0 Å². The predicted molar refractivity (Wildman–Crippen MR) is 98.2 cm³/mol. The van der Waals surface area contributed by atoms with Gasteiger partial charge in [0.1, 0.15) is 0 Å². The molecule has 0 fully saturated rings. The van der Waals surface area contributed by atoms with Gasteiger partial charge in [0.2, 0.25) is 5.91 Å². The van der Waals surface area contributed by atoms with Gasteiger partial charge < -0.3 is 10.2 Å². The van der Waals surface area contributed by atoms with Gasteiger partial charge in [-0.25, -0.2) is 0 Å². The summed E-state index contributed by atoms with van der Waals surface area (Å²) in [6.45, 7) is 2.50. The largest absolute Gasteiger partial charge is 0.351 e. The number of carbonyl (C=O) groups excluding carboxylic acids is 2. The molecule has 2 aromatic carbocycles. The lowest BCUT2D eigenvalue weighted by Crippen LogP contribution is -2.24. The molecule has 0 saturated carbocycles. The zero-order valence-corrected chi connectivity index (χ0v) is 15.0. The number of hydrogen-bond donors (Lipinski definition) is 1. The Morgan fingerprint density at radius 1 is 1.00 bits per heavy atom. The summed E-state index contributed by atoms with van der Waals surface area (Å²) in [4.78, 5) is 26.4. The number of nitrogens with zero attached hydrogens (tertiary/aromatic N) is 1. The topological polar surface area (TPSA) is 49.4 Å². The second-order valence-corrected chi connectivity index (χ2v) is 6.82. The van der Waals surface area contributed by atoms with Crippen molar-refractivity contribution in [3.8, 4) is 0 Å². The average molecular weight is 342 g/mol. The van der Waals surface area contributed by atoms with Crippen LogP contribution >= 0.6 is 11.8 Å². The number of aryl methyl sites for hydroxylation is 1. The highest BCUT2D eigenvalue weighted by Crippen LogP contribution is 2.17. The van der Waals surface area contributed by atoms with Crippen LogP contribution in [0.25, 0.3) is 0 Å². The maximum Gasteiger partial charge on any atom is 0.253 e. The highest BCUT2D eigenvalue weighted by molar-refractivity contribution is 8.00. The van der Waals surface area contributed by atoms with Crippen molar-refractivity contribution < 1.29 is 9.59 Å². The van der Waals surface area contributed by atoms with Crippen molar-refractivity contribution in [3.05, 3.63) is 65.2 Å². The Bertz CT molecular complexity index is 694. The van der Waals surface area contributed by atoms with Crippen LogP contribution in [0.4, 0.5) is 0 Å². The minimum atomic E-state index is -0.0277. The smallest absolute Gasteiger partial charge is 0.253 e. The van der Waals surface area contributed by atoms with E-state index in [0.29, 0.717) is 17.9 Å². The molecule has 0 aliphatic carbocycles. The molecule has 2 rings (SSSR count). The van der Waals surface area contributed by atoms with E-state index in [2.05, 4.69) is 5.32 Å². The monoisotopic (exact) mass is 342 g/mol. The molecule has 2 amide bonds. The molecule has 0 spiro atoms. The lowest BCUT2D eigenvalue weighted by molar-refractivity contribution is -0.118. The minimum Gasteiger partial charge on any atom is -0.351 e. The first-order valence-electron chi connectivity index (χ1n) is 7.72. The molecule has 0 saturated heterocycles. The van der Waals surface area contributed by atoms with Gasteiger partial charge in [-0.15, -0.1) is 11.8 Å². The van der Waals surface area contributed by atoms with E-state index in [4.69, 9.17) is 0 Å². The Labute approximate surface area is 147 Å². The molecule has 126 valence electrons. The Hall–Kier alpha value is -2.27. The van der Waals surface area contributed by atoms with E-state index < -0.39 is 0 Å². The van der Waals surface area contributed by atoms with Crippen LogP contribution in [0.2, 0.25) is 0 Å². The number of rotatable bonds is 6. The summed E-state index contributed by atoms with van der Waals surface area (Å²) < 4.78 is 0. The van der Waals surface area contributed by atoms with Gasteiger partial charge in [0, 0.05) is 31.1 Å². The van der Waals surface area contributed by atoms with Crippen LogP contribution in [-0.4, -0.2) is 36.6 Å². The fourth-order valence-electron chi connectivity index (χ4n) is 2.06. The first-order valence-corrected chi connectivity index (χ1v) is 8.71. The van der Waals surface area contributed by atoms with Gasteiger partial charge in [0.25, 0.3) is 5.91 Å². The van der Waals surface area contributed by atoms with Crippen LogP contribution in [0, 0.1) is 6.92 Å². The average Bonchev–Trinajstić information content (AvgIpc) is 2.59. The number of benzene rings is 2. The molecule has 24 heavy (non-hydrogen) atoms.